The second-order valence-corrected chi connectivity index (χ2v) is 27.8. The zero-order chi connectivity index (χ0) is 73.0. The number of pyridine rings is 1. The van der Waals surface area contributed by atoms with E-state index in [4.69, 9.17) is 29.4 Å². The molecule has 1 unspecified atom stereocenters. The lowest BCUT2D eigenvalue weighted by Gasteiger charge is -2.38. The summed E-state index contributed by atoms with van der Waals surface area (Å²) in [4.78, 5) is 86.0. The number of benzene rings is 5. The number of carbonyl (C=O) groups is 5. The summed E-state index contributed by atoms with van der Waals surface area (Å²) >= 11 is 1.54. The SMILES string of the molecule is CN(C)CCOc1cc(-c2cn[nH]c2)ccc1CC(=O)C1COc2ccccc2O1.Cc1c[nH]c2ncnc(C3CCC(CN)(C(=O)Nc4cccc(OC(=O)N(C)C)c4)CC3)c12.Cc1cccc(CCC(=O)Cc2nc(-c3ccncc3)cs2)c1.O=C1CC=Cc2cc(OC3CCNCC3)ccc21. The molecule has 23 heteroatoms. The molecule has 14 rings (SSSR count). The number of nitrogens with one attached hydrogen (secondary N) is 4. The molecule has 5 aromatic heterocycles. The van der Waals surface area contributed by atoms with Crippen molar-refractivity contribution in [3.05, 3.63) is 214 Å². The van der Waals surface area contributed by atoms with E-state index in [1.165, 1.54) is 16.0 Å². The number of nitrogens with two attached hydrogens (primary N) is 1. The maximum atomic E-state index is 13.3. The van der Waals surface area contributed by atoms with Crippen molar-refractivity contribution in [2.75, 3.05) is 72.9 Å². The number of para-hydroxylation sites is 2. The summed E-state index contributed by atoms with van der Waals surface area (Å²) < 4.78 is 28.9. The third kappa shape index (κ3) is 20.1. The molecule has 7 heterocycles. The van der Waals surface area contributed by atoms with E-state index in [1.807, 2.05) is 123 Å². The van der Waals surface area contributed by atoms with Gasteiger partial charge >= 0.3 is 6.09 Å². The zero-order valence-corrected chi connectivity index (χ0v) is 60.5. The van der Waals surface area contributed by atoms with Crippen LogP contribution in [0.5, 0.6) is 28.7 Å². The minimum atomic E-state index is -0.647. The number of H-pyrrole nitrogens is 2. The number of piperidine rings is 1. The van der Waals surface area contributed by atoms with Crippen molar-refractivity contribution >= 4 is 63.5 Å². The number of amides is 2. The van der Waals surface area contributed by atoms with E-state index < -0.39 is 17.6 Å². The Labute approximate surface area is 610 Å². The molecule has 2 aliphatic heterocycles. The molecule has 2 aliphatic carbocycles. The van der Waals surface area contributed by atoms with Gasteiger partial charge in [0.2, 0.25) is 5.91 Å². The molecule has 6 N–H and O–H groups in total. The van der Waals surface area contributed by atoms with Crippen LogP contribution in [0.15, 0.2) is 170 Å². The molecule has 540 valence electrons. The highest BCUT2D eigenvalue weighted by atomic mass is 32.1. The normalized spacial score (nSPS) is 16.6. The van der Waals surface area contributed by atoms with E-state index in [0.717, 1.165) is 124 Å². The van der Waals surface area contributed by atoms with E-state index in [9.17, 15) is 24.0 Å². The molecule has 10 aromatic rings. The van der Waals surface area contributed by atoms with Crippen molar-refractivity contribution in [3.63, 3.8) is 0 Å². The molecule has 0 bridgehead atoms. The highest BCUT2D eigenvalue weighted by Gasteiger charge is 2.42. The van der Waals surface area contributed by atoms with Crippen LogP contribution in [0.25, 0.3) is 39.5 Å². The number of carbonyl (C=O) groups excluding carboxylic acids is 5. The van der Waals surface area contributed by atoms with Gasteiger partial charge in [0.1, 0.15) is 59.3 Å². The highest BCUT2D eigenvalue weighted by Crippen LogP contribution is 2.45. The molecule has 0 radical (unpaired) electrons. The number of Topliss-reactive ketones (excluding diaryl/α,β-unsaturated/α-hetero) is 3. The quantitative estimate of drug-likeness (QED) is 0.0447. The number of allylic oxidation sites excluding steroid dienone is 1. The standard InChI is InChI=1S/C24H30N6O3.C23H25N3O4.C19H18N2OS.C15H17NO2/c1-15-12-26-21-19(15)20(27-14-28-21)16-7-9-24(13-25,10-8-16)22(31)29-17-5-4-6-18(11-17)33-23(32)30(2)3;1-26(2)9-10-28-22-12-16(18-13-24-25-14-18)7-8-17(22)11-19(27)23-15-29-20-5-3-4-6-21(20)30-23;1-14-3-2-4-15(11-14)5-6-17(22)12-19-21-18(13-23-19)16-7-9-20-10-8-16;17-15-3-1-2-11-10-13(4-5-14(11)15)18-12-6-8-16-9-7-12/h4-6,11-12,14,16H,7-10,13,25H2,1-3H3,(H,29,31)(H,26,27,28);3-8,12-14,23H,9-11,15H2,1-2H3,(H,24,25);2-4,7-11,13H,5-6,12H2,1H3;1-2,4-5,10,12,16H,3,6-9H2. The number of thiazole rings is 1. The number of hydrogen-bond donors (Lipinski definition) is 5. The first-order valence-electron chi connectivity index (χ1n) is 35.2. The third-order valence-corrected chi connectivity index (χ3v) is 19.5. The molecular weight excluding hydrogens is 1330 g/mol. The van der Waals surface area contributed by atoms with E-state index in [0.29, 0.717) is 73.5 Å². The minimum Gasteiger partial charge on any atom is -0.492 e. The number of ketones is 3. The average Bonchev–Trinajstić information content (AvgIpc) is 1.39. The summed E-state index contributed by atoms with van der Waals surface area (Å²) in [6, 6.07) is 38.0. The largest absolute Gasteiger partial charge is 0.492 e. The van der Waals surface area contributed by atoms with E-state index in [1.54, 1.807) is 74.6 Å². The van der Waals surface area contributed by atoms with Crippen molar-refractivity contribution in [2.45, 2.75) is 103 Å². The summed E-state index contributed by atoms with van der Waals surface area (Å²) in [5, 5.41) is 17.1. The van der Waals surface area contributed by atoms with E-state index >= 15 is 0 Å². The Morgan fingerprint density at radius 3 is 2.37 bits per heavy atom. The Morgan fingerprint density at radius 2 is 1.61 bits per heavy atom. The van der Waals surface area contributed by atoms with Gasteiger partial charge in [-0.1, -0.05) is 72.3 Å². The van der Waals surface area contributed by atoms with Crippen LogP contribution >= 0.6 is 11.3 Å². The number of nitrogens with zero attached hydrogens (tertiary/aromatic N) is 7. The van der Waals surface area contributed by atoms with Crippen molar-refractivity contribution < 1.29 is 47.7 Å². The van der Waals surface area contributed by atoms with Gasteiger partial charge in [0.15, 0.2) is 29.2 Å². The third-order valence-electron chi connectivity index (χ3n) is 18.7. The van der Waals surface area contributed by atoms with E-state index in [2.05, 4.69) is 82.7 Å². The predicted octanol–water partition coefficient (Wildman–Crippen LogP) is 13.2. The first-order valence-corrected chi connectivity index (χ1v) is 36.1. The molecule has 1 saturated carbocycles. The van der Waals surface area contributed by atoms with Gasteiger partial charge in [0.05, 0.1) is 29.4 Å². The maximum absolute atomic E-state index is 13.3. The first-order chi connectivity index (χ1) is 50.5. The van der Waals surface area contributed by atoms with Crippen LogP contribution < -0.4 is 40.1 Å². The van der Waals surface area contributed by atoms with Crippen molar-refractivity contribution in [1.82, 2.24) is 50.2 Å². The van der Waals surface area contributed by atoms with Crippen LogP contribution in [0.2, 0.25) is 0 Å². The van der Waals surface area contributed by atoms with Crippen LogP contribution in [0.4, 0.5) is 10.5 Å². The van der Waals surface area contributed by atoms with Gasteiger partial charge in [-0.05, 0) is 169 Å². The molecule has 1 atom stereocenters. The molecule has 1 saturated heterocycles. The molecule has 4 aliphatic rings. The van der Waals surface area contributed by atoms with Crippen LogP contribution in [-0.2, 0) is 33.6 Å². The van der Waals surface area contributed by atoms with Gasteiger partial charge in [-0.2, -0.15) is 5.10 Å². The lowest BCUT2D eigenvalue weighted by molar-refractivity contribution is -0.128. The van der Waals surface area contributed by atoms with Gasteiger partial charge in [-0.15, -0.1) is 11.3 Å². The highest BCUT2D eigenvalue weighted by molar-refractivity contribution is 7.10. The monoisotopic (exact) mass is 1420 g/mol. The maximum Gasteiger partial charge on any atom is 0.414 e. The van der Waals surface area contributed by atoms with E-state index in [-0.39, 0.29) is 48.7 Å². The van der Waals surface area contributed by atoms with Crippen molar-refractivity contribution in [3.8, 4) is 51.1 Å². The first kappa shape index (κ1) is 74.5. The Bertz CT molecular complexity index is 4580. The summed E-state index contributed by atoms with van der Waals surface area (Å²) in [5.74, 6) is 3.74. The predicted molar refractivity (Wildman–Crippen MR) is 404 cm³/mol. The second kappa shape index (κ2) is 35.9. The number of fused-ring (bicyclic) bond motifs is 3. The fourth-order valence-electron chi connectivity index (χ4n) is 12.7. The number of aromatic amines is 2. The molecule has 2 amide bonds. The molecule has 22 nitrogen and oxygen atoms in total. The summed E-state index contributed by atoms with van der Waals surface area (Å²) in [6.07, 6.45) is 21.3. The van der Waals surface area contributed by atoms with Crippen LogP contribution in [0, 0.1) is 19.3 Å². The van der Waals surface area contributed by atoms with Crippen molar-refractivity contribution in [1.29, 1.82) is 0 Å². The Hall–Kier alpha value is -10.7. The fraction of sp³-hybridized carbons (Fsp3) is 0.333. The summed E-state index contributed by atoms with van der Waals surface area (Å²) in [7, 11) is 7.21. The number of ether oxygens (including phenoxy) is 5. The number of hydrogen-bond acceptors (Lipinski definition) is 19. The van der Waals surface area contributed by atoms with Gasteiger partial charge in [-0.3, -0.25) is 29.3 Å². The van der Waals surface area contributed by atoms with Gasteiger partial charge < -0.3 is 54.8 Å². The molecule has 104 heavy (non-hydrogen) atoms. The summed E-state index contributed by atoms with van der Waals surface area (Å²) in [5.41, 5.74) is 18.0. The van der Waals surface area contributed by atoms with Gasteiger partial charge in [0, 0.05) is 122 Å². The molecule has 5 aromatic carbocycles. The Morgan fingerprint density at radius 1 is 0.808 bits per heavy atom. The van der Waals surface area contributed by atoms with Crippen molar-refractivity contribution in [2.24, 2.45) is 11.1 Å². The average molecular weight is 1420 g/mol. The van der Waals surface area contributed by atoms with Crippen LogP contribution in [0.3, 0.4) is 0 Å². The van der Waals surface area contributed by atoms with Gasteiger partial charge in [-0.25, -0.2) is 19.7 Å². The lowest BCUT2D eigenvalue weighted by Crippen LogP contribution is -2.44. The number of aromatic nitrogens is 7. The Kier molecular flexibility index (Phi) is 25.7. The lowest BCUT2D eigenvalue weighted by atomic mass is 9.68. The summed E-state index contributed by atoms with van der Waals surface area (Å²) in [6.45, 7) is 7.95. The Balaban J connectivity index is 0.000000142. The second-order valence-electron chi connectivity index (χ2n) is 26.8. The fourth-order valence-corrected chi connectivity index (χ4v) is 13.6. The molecular formula is C81H90N12O10S. The minimum absolute atomic E-state index is 0.0435. The van der Waals surface area contributed by atoms with Gasteiger partial charge in [0.25, 0.3) is 0 Å². The van der Waals surface area contributed by atoms with Crippen LogP contribution in [0.1, 0.15) is 106 Å². The number of aryl methyl sites for hydroxylation is 3. The number of rotatable bonds is 21. The molecule has 2 fully saturated rings. The number of anilines is 1. The molecule has 0 spiro atoms. The smallest absolute Gasteiger partial charge is 0.414 e. The number of likely N-dealkylation sites (N-methyl/N-ethyl adjacent to an activating group) is 1. The topological polar surface area (TPSA) is 284 Å². The van der Waals surface area contributed by atoms with Crippen LogP contribution in [-0.4, -0.2) is 154 Å². The zero-order valence-electron chi connectivity index (χ0n) is 59.7.